The Morgan fingerprint density at radius 3 is 2.72 bits per heavy atom. The molecule has 1 aliphatic rings. The van der Waals surface area contributed by atoms with Crippen LogP contribution in [0.3, 0.4) is 0 Å². The normalized spacial score (nSPS) is 21.9. The number of aromatic hydroxyl groups is 1. The van der Waals surface area contributed by atoms with Gasteiger partial charge in [0.2, 0.25) is 0 Å². The van der Waals surface area contributed by atoms with E-state index in [1.54, 1.807) is 12.1 Å². The third-order valence-electron chi connectivity index (χ3n) is 3.49. The summed E-state index contributed by atoms with van der Waals surface area (Å²) >= 11 is 0. The maximum Gasteiger partial charge on any atom is 0.116 e. The van der Waals surface area contributed by atoms with Gasteiger partial charge in [-0.15, -0.1) is 0 Å². The molecule has 18 heavy (non-hydrogen) atoms. The van der Waals surface area contributed by atoms with E-state index in [2.05, 4.69) is 11.1 Å². The number of phenolic OH excluding ortho intramolecular Hbond substituents is 1. The highest BCUT2D eigenvalue weighted by Crippen LogP contribution is 2.39. The molecule has 3 nitrogen and oxygen atoms in total. The molecule has 2 aromatic rings. The Morgan fingerprint density at radius 2 is 2.11 bits per heavy atom. The number of hydrogen-bond acceptors (Lipinski definition) is 3. The van der Waals surface area contributed by atoms with Gasteiger partial charge in [0.25, 0.3) is 0 Å². The zero-order chi connectivity index (χ0) is 12.7. The van der Waals surface area contributed by atoms with E-state index in [-0.39, 0.29) is 5.75 Å². The molecule has 3 N–H and O–H groups in total. The van der Waals surface area contributed by atoms with Crippen LogP contribution in [-0.4, -0.2) is 16.1 Å². The topological polar surface area (TPSA) is 59.1 Å². The van der Waals surface area contributed by atoms with Gasteiger partial charge in [-0.2, -0.15) is 0 Å². The zero-order valence-corrected chi connectivity index (χ0v) is 10.3. The van der Waals surface area contributed by atoms with Gasteiger partial charge in [0.15, 0.2) is 0 Å². The Kier molecular flexibility index (Phi) is 2.56. The van der Waals surface area contributed by atoms with Crippen molar-refractivity contribution in [3.05, 3.63) is 47.7 Å². The molecule has 1 aromatic heterocycles. The SMILES string of the molecule is Cc1cc([C@H]2C[C@@H]2N)cnc1-c1cccc(O)c1. The number of phenols is 1. The number of nitrogens with zero attached hydrogens (tertiary/aromatic N) is 1. The number of benzene rings is 1. The van der Waals surface area contributed by atoms with Crippen molar-refractivity contribution in [2.45, 2.75) is 25.3 Å². The van der Waals surface area contributed by atoms with Crippen molar-refractivity contribution in [3.63, 3.8) is 0 Å². The fourth-order valence-corrected chi connectivity index (χ4v) is 2.35. The molecule has 1 aromatic carbocycles. The number of pyridine rings is 1. The van der Waals surface area contributed by atoms with Crippen LogP contribution in [0.5, 0.6) is 5.75 Å². The van der Waals surface area contributed by atoms with Gasteiger partial charge in [0.05, 0.1) is 5.69 Å². The molecule has 0 bridgehead atoms. The summed E-state index contributed by atoms with van der Waals surface area (Å²) in [6.07, 6.45) is 2.97. The molecular formula is C15H16N2O. The van der Waals surface area contributed by atoms with Gasteiger partial charge in [-0.05, 0) is 36.6 Å². The van der Waals surface area contributed by atoms with Crippen LogP contribution in [0.1, 0.15) is 23.5 Å². The highest BCUT2D eigenvalue weighted by molar-refractivity contribution is 5.64. The van der Waals surface area contributed by atoms with E-state index in [1.807, 2.05) is 25.3 Å². The molecule has 3 rings (SSSR count). The minimum Gasteiger partial charge on any atom is -0.508 e. The van der Waals surface area contributed by atoms with Crippen molar-refractivity contribution >= 4 is 0 Å². The summed E-state index contributed by atoms with van der Waals surface area (Å²) in [6, 6.07) is 9.64. The second kappa shape index (κ2) is 4.10. The summed E-state index contributed by atoms with van der Waals surface area (Å²) < 4.78 is 0. The Balaban J connectivity index is 1.98. The van der Waals surface area contributed by atoms with Crippen LogP contribution >= 0.6 is 0 Å². The smallest absolute Gasteiger partial charge is 0.116 e. The molecule has 0 unspecified atom stereocenters. The highest BCUT2D eigenvalue weighted by Gasteiger charge is 2.35. The van der Waals surface area contributed by atoms with Gasteiger partial charge in [-0.25, -0.2) is 0 Å². The maximum absolute atomic E-state index is 9.51. The molecule has 1 saturated carbocycles. The van der Waals surface area contributed by atoms with Crippen LogP contribution in [-0.2, 0) is 0 Å². The predicted octanol–water partition coefficient (Wildman–Crippen LogP) is 2.58. The minimum atomic E-state index is 0.266. The molecule has 1 heterocycles. The first-order valence-electron chi connectivity index (χ1n) is 6.16. The average molecular weight is 240 g/mol. The lowest BCUT2D eigenvalue weighted by molar-refractivity contribution is 0.475. The van der Waals surface area contributed by atoms with Crippen LogP contribution < -0.4 is 5.73 Å². The number of aryl methyl sites for hydroxylation is 1. The first-order valence-corrected chi connectivity index (χ1v) is 6.16. The number of hydrogen-bond donors (Lipinski definition) is 2. The molecule has 0 spiro atoms. The predicted molar refractivity (Wildman–Crippen MR) is 71.4 cm³/mol. The van der Waals surface area contributed by atoms with Gasteiger partial charge in [0.1, 0.15) is 5.75 Å². The van der Waals surface area contributed by atoms with E-state index in [4.69, 9.17) is 5.73 Å². The number of aromatic nitrogens is 1. The standard InChI is InChI=1S/C15H16N2O/c1-9-5-11(13-7-14(13)16)8-17-15(9)10-3-2-4-12(18)6-10/h2-6,8,13-14,18H,7,16H2,1H3/t13-,14+/m1/s1. The lowest BCUT2D eigenvalue weighted by atomic mass is 10.0. The van der Waals surface area contributed by atoms with Crippen molar-refractivity contribution in [2.75, 3.05) is 0 Å². The average Bonchev–Trinajstić information content (AvgIpc) is 3.06. The first-order chi connectivity index (χ1) is 8.65. The third-order valence-corrected chi connectivity index (χ3v) is 3.49. The van der Waals surface area contributed by atoms with E-state index in [0.717, 1.165) is 23.2 Å². The van der Waals surface area contributed by atoms with Crippen molar-refractivity contribution in [3.8, 4) is 17.0 Å². The molecule has 3 heteroatoms. The fraction of sp³-hybridized carbons (Fsp3) is 0.267. The molecule has 0 radical (unpaired) electrons. The molecule has 2 atom stereocenters. The number of rotatable bonds is 2. The highest BCUT2D eigenvalue weighted by atomic mass is 16.3. The molecule has 1 aliphatic carbocycles. The van der Waals surface area contributed by atoms with Gasteiger partial charge < -0.3 is 10.8 Å². The van der Waals surface area contributed by atoms with Crippen LogP contribution in [0.4, 0.5) is 0 Å². The quantitative estimate of drug-likeness (QED) is 0.848. The van der Waals surface area contributed by atoms with Crippen molar-refractivity contribution in [1.82, 2.24) is 4.98 Å². The molecule has 1 fully saturated rings. The lowest BCUT2D eigenvalue weighted by Gasteiger charge is -2.08. The fourth-order valence-electron chi connectivity index (χ4n) is 2.35. The summed E-state index contributed by atoms with van der Waals surface area (Å²) in [6.45, 7) is 2.05. The maximum atomic E-state index is 9.51. The Labute approximate surface area is 106 Å². The molecular weight excluding hydrogens is 224 g/mol. The van der Waals surface area contributed by atoms with Gasteiger partial charge in [-0.3, -0.25) is 4.98 Å². The summed E-state index contributed by atoms with van der Waals surface area (Å²) in [7, 11) is 0. The summed E-state index contributed by atoms with van der Waals surface area (Å²) in [5.41, 5.74) is 10.1. The summed E-state index contributed by atoms with van der Waals surface area (Å²) in [5.74, 6) is 0.747. The minimum absolute atomic E-state index is 0.266. The molecule has 0 saturated heterocycles. The second-order valence-electron chi connectivity index (χ2n) is 4.99. The Morgan fingerprint density at radius 1 is 1.33 bits per heavy atom. The van der Waals surface area contributed by atoms with Crippen molar-refractivity contribution in [1.29, 1.82) is 0 Å². The van der Waals surface area contributed by atoms with Crippen molar-refractivity contribution < 1.29 is 5.11 Å². The number of nitrogens with two attached hydrogens (primary N) is 1. The first kappa shape index (κ1) is 11.2. The van der Waals surface area contributed by atoms with Crippen molar-refractivity contribution in [2.24, 2.45) is 5.73 Å². The van der Waals surface area contributed by atoms with E-state index in [1.165, 1.54) is 5.56 Å². The van der Waals surface area contributed by atoms with Gasteiger partial charge >= 0.3 is 0 Å². The second-order valence-corrected chi connectivity index (χ2v) is 4.99. The molecule has 0 amide bonds. The van der Waals surface area contributed by atoms with Gasteiger partial charge in [0, 0.05) is 23.7 Å². The van der Waals surface area contributed by atoms with Crippen LogP contribution in [0.25, 0.3) is 11.3 Å². The zero-order valence-electron chi connectivity index (χ0n) is 10.3. The van der Waals surface area contributed by atoms with Crippen LogP contribution in [0.15, 0.2) is 36.5 Å². The van der Waals surface area contributed by atoms with E-state index >= 15 is 0 Å². The van der Waals surface area contributed by atoms with E-state index in [9.17, 15) is 5.11 Å². The largest absolute Gasteiger partial charge is 0.508 e. The lowest BCUT2D eigenvalue weighted by Crippen LogP contribution is -2.01. The monoisotopic (exact) mass is 240 g/mol. The van der Waals surface area contributed by atoms with Gasteiger partial charge in [-0.1, -0.05) is 18.2 Å². The Hall–Kier alpha value is -1.87. The summed E-state index contributed by atoms with van der Waals surface area (Å²) in [4.78, 5) is 4.52. The van der Waals surface area contributed by atoms with E-state index < -0.39 is 0 Å². The molecule has 92 valence electrons. The summed E-state index contributed by atoms with van der Waals surface area (Å²) in [5, 5.41) is 9.51. The van der Waals surface area contributed by atoms with Crippen LogP contribution in [0, 0.1) is 6.92 Å². The third kappa shape index (κ3) is 1.97. The van der Waals surface area contributed by atoms with Crippen LogP contribution in [0.2, 0.25) is 0 Å². The van der Waals surface area contributed by atoms with E-state index in [0.29, 0.717) is 12.0 Å². The Bertz CT molecular complexity index is 595. The molecule has 0 aliphatic heterocycles.